The predicted octanol–water partition coefficient (Wildman–Crippen LogP) is 3.14. The maximum Gasteiger partial charge on any atom is 0.251 e. The third-order valence-electron chi connectivity index (χ3n) is 3.18. The number of hydrogen-bond donors (Lipinski definition) is 2. The highest BCUT2D eigenvalue weighted by atomic mass is 79.9. The topological polar surface area (TPSA) is 50.4 Å². The lowest BCUT2D eigenvalue weighted by molar-refractivity contribution is 0.0949. The van der Waals surface area contributed by atoms with Crippen molar-refractivity contribution in [2.45, 2.75) is 38.8 Å². The van der Waals surface area contributed by atoms with E-state index in [0.29, 0.717) is 23.9 Å². The quantitative estimate of drug-likeness (QED) is 0.829. The van der Waals surface area contributed by atoms with Gasteiger partial charge in [-0.15, -0.1) is 12.4 Å². The Morgan fingerprint density at radius 2 is 2.24 bits per heavy atom. The van der Waals surface area contributed by atoms with Crippen molar-refractivity contribution in [1.29, 1.82) is 0 Å². The molecule has 0 aromatic heterocycles. The van der Waals surface area contributed by atoms with Crippen molar-refractivity contribution < 1.29 is 9.53 Å². The first-order valence-corrected chi connectivity index (χ1v) is 7.82. The molecular formula is C15H22BrClN2O2. The highest BCUT2D eigenvalue weighted by molar-refractivity contribution is 9.10. The summed E-state index contributed by atoms with van der Waals surface area (Å²) >= 11 is 3.42. The standard InChI is InChI=1S/C15H21BrN2O2.ClH/c1-10(2)20-14-7-11(6-12(16)8-14)15(19)18-9-13-4-3-5-17-13;/h6-8,10,13,17H,3-5,9H2,1-2H3,(H,18,19);1H. The number of hydrogen-bond acceptors (Lipinski definition) is 3. The fourth-order valence-corrected chi connectivity index (χ4v) is 2.76. The zero-order valence-corrected chi connectivity index (χ0v) is 14.7. The molecule has 4 nitrogen and oxygen atoms in total. The zero-order chi connectivity index (χ0) is 14.5. The molecule has 0 aliphatic carbocycles. The average Bonchev–Trinajstić information content (AvgIpc) is 2.87. The normalized spacial score (nSPS) is 17.4. The van der Waals surface area contributed by atoms with Crippen molar-refractivity contribution in [2.75, 3.05) is 13.1 Å². The van der Waals surface area contributed by atoms with Crippen LogP contribution in [0.5, 0.6) is 5.75 Å². The van der Waals surface area contributed by atoms with Crippen LogP contribution >= 0.6 is 28.3 Å². The molecule has 2 rings (SSSR count). The Hall–Kier alpha value is -0.780. The molecular weight excluding hydrogens is 356 g/mol. The highest BCUT2D eigenvalue weighted by Gasteiger charge is 2.16. The van der Waals surface area contributed by atoms with E-state index in [1.54, 1.807) is 6.07 Å². The Kier molecular flexibility index (Phi) is 7.49. The van der Waals surface area contributed by atoms with Crippen LogP contribution in [-0.2, 0) is 0 Å². The number of carbonyl (C=O) groups is 1. The lowest BCUT2D eigenvalue weighted by Crippen LogP contribution is -2.37. The van der Waals surface area contributed by atoms with Crippen LogP contribution in [-0.4, -0.2) is 31.1 Å². The molecule has 2 N–H and O–H groups in total. The lowest BCUT2D eigenvalue weighted by atomic mass is 10.2. The second kappa shape index (κ2) is 8.61. The van der Waals surface area contributed by atoms with Crippen LogP contribution in [0.25, 0.3) is 0 Å². The summed E-state index contributed by atoms with van der Waals surface area (Å²) in [5, 5.41) is 6.33. The maximum absolute atomic E-state index is 12.2. The van der Waals surface area contributed by atoms with Crippen molar-refractivity contribution in [2.24, 2.45) is 0 Å². The van der Waals surface area contributed by atoms with Gasteiger partial charge in [-0.3, -0.25) is 4.79 Å². The van der Waals surface area contributed by atoms with Gasteiger partial charge in [-0.2, -0.15) is 0 Å². The third kappa shape index (κ3) is 5.85. The van der Waals surface area contributed by atoms with Crippen molar-refractivity contribution in [3.63, 3.8) is 0 Å². The molecule has 21 heavy (non-hydrogen) atoms. The van der Waals surface area contributed by atoms with Gasteiger partial charge in [0.25, 0.3) is 5.91 Å². The molecule has 0 radical (unpaired) electrons. The van der Waals surface area contributed by atoms with Crippen LogP contribution in [0.2, 0.25) is 0 Å². The zero-order valence-electron chi connectivity index (χ0n) is 12.3. The van der Waals surface area contributed by atoms with E-state index in [-0.39, 0.29) is 24.4 Å². The molecule has 1 aliphatic rings. The number of nitrogens with one attached hydrogen (secondary N) is 2. The number of halogens is 2. The van der Waals surface area contributed by atoms with Gasteiger partial charge < -0.3 is 15.4 Å². The molecule has 1 atom stereocenters. The molecule has 0 saturated carbocycles. The smallest absolute Gasteiger partial charge is 0.251 e. The van der Waals surface area contributed by atoms with E-state index < -0.39 is 0 Å². The molecule has 1 fully saturated rings. The van der Waals surface area contributed by atoms with E-state index in [1.807, 2.05) is 26.0 Å². The third-order valence-corrected chi connectivity index (χ3v) is 3.63. The first kappa shape index (κ1) is 18.3. The summed E-state index contributed by atoms with van der Waals surface area (Å²) in [5.74, 6) is 0.645. The van der Waals surface area contributed by atoms with Gasteiger partial charge in [0.05, 0.1) is 6.10 Å². The second-order valence-electron chi connectivity index (χ2n) is 5.35. The van der Waals surface area contributed by atoms with Crippen LogP contribution in [0, 0.1) is 0 Å². The molecule has 6 heteroatoms. The van der Waals surface area contributed by atoms with Crippen LogP contribution in [0.3, 0.4) is 0 Å². The number of benzene rings is 1. The van der Waals surface area contributed by atoms with Crippen molar-refractivity contribution >= 4 is 34.2 Å². The van der Waals surface area contributed by atoms with Gasteiger partial charge in [-0.25, -0.2) is 0 Å². The monoisotopic (exact) mass is 376 g/mol. The van der Waals surface area contributed by atoms with Gasteiger partial charge in [0, 0.05) is 22.6 Å². The summed E-state index contributed by atoms with van der Waals surface area (Å²) in [5.41, 5.74) is 0.619. The maximum atomic E-state index is 12.2. The molecule has 118 valence electrons. The number of amides is 1. The summed E-state index contributed by atoms with van der Waals surface area (Å²) in [7, 11) is 0. The van der Waals surface area contributed by atoms with E-state index in [2.05, 4.69) is 26.6 Å². The highest BCUT2D eigenvalue weighted by Crippen LogP contribution is 2.22. The van der Waals surface area contributed by atoms with E-state index in [4.69, 9.17) is 4.74 Å². The Bertz CT molecular complexity index is 477. The average molecular weight is 378 g/mol. The van der Waals surface area contributed by atoms with Gasteiger partial charge in [-0.1, -0.05) is 15.9 Å². The minimum atomic E-state index is -0.0615. The van der Waals surface area contributed by atoms with E-state index in [0.717, 1.165) is 17.4 Å². The van der Waals surface area contributed by atoms with Gasteiger partial charge in [-0.05, 0) is 51.4 Å². The first-order chi connectivity index (χ1) is 9.54. The van der Waals surface area contributed by atoms with Crippen LogP contribution in [0.1, 0.15) is 37.0 Å². The molecule has 0 bridgehead atoms. The summed E-state index contributed by atoms with van der Waals surface area (Å²) in [6, 6.07) is 5.86. The van der Waals surface area contributed by atoms with Crippen LogP contribution in [0.15, 0.2) is 22.7 Å². The number of carbonyl (C=O) groups excluding carboxylic acids is 1. The van der Waals surface area contributed by atoms with Gasteiger partial charge in [0.2, 0.25) is 0 Å². The van der Waals surface area contributed by atoms with Crippen molar-refractivity contribution in [3.8, 4) is 5.75 Å². The second-order valence-corrected chi connectivity index (χ2v) is 6.26. The lowest BCUT2D eigenvalue weighted by Gasteiger charge is -2.14. The first-order valence-electron chi connectivity index (χ1n) is 7.03. The Morgan fingerprint density at radius 3 is 2.86 bits per heavy atom. The summed E-state index contributed by atoms with van der Waals surface area (Å²) in [6.07, 6.45) is 2.40. The minimum absolute atomic E-state index is 0. The molecule has 1 amide bonds. The molecule has 1 heterocycles. The van der Waals surface area contributed by atoms with Crippen molar-refractivity contribution in [3.05, 3.63) is 28.2 Å². The molecule has 1 unspecified atom stereocenters. The summed E-state index contributed by atoms with van der Waals surface area (Å²) < 4.78 is 6.49. The van der Waals surface area contributed by atoms with Crippen LogP contribution < -0.4 is 15.4 Å². The molecule has 1 aromatic rings. The summed E-state index contributed by atoms with van der Waals surface area (Å²) in [4.78, 5) is 12.2. The molecule has 0 spiro atoms. The predicted molar refractivity (Wildman–Crippen MR) is 90.5 cm³/mol. The molecule has 1 aliphatic heterocycles. The van der Waals surface area contributed by atoms with Crippen LogP contribution in [0.4, 0.5) is 0 Å². The van der Waals surface area contributed by atoms with Crippen molar-refractivity contribution in [1.82, 2.24) is 10.6 Å². The Morgan fingerprint density at radius 1 is 1.48 bits per heavy atom. The minimum Gasteiger partial charge on any atom is -0.491 e. The SMILES string of the molecule is CC(C)Oc1cc(Br)cc(C(=O)NCC2CCCN2)c1.Cl. The largest absolute Gasteiger partial charge is 0.491 e. The van der Waals surface area contributed by atoms with E-state index >= 15 is 0 Å². The Balaban J connectivity index is 0.00000220. The molecule has 1 aromatic carbocycles. The molecule has 1 saturated heterocycles. The van der Waals surface area contributed by atoms with E-state index in [9.17, 15) is 4.79 Å². The number of rotatable bonds is 5. The van der Waals surface area contributed by atoms with Gasteiger partial charge >= 0.3 is 0 Å². The Labute approximate surface area is 140 Å². The fraction of sp³-hybridized carbons (Fsp3) is 0.533. The van der Waals surface area contributed by atoms with Gasteiger partial charge in [0.15, 0.2) is 0 Å². The number of ether oxygens (including phenoxy) is 1. The summed E-state index contributed by atoms with van der Waals surface area (Å²) in [6.45, 7) is 5.65. The fourth-order valence-electron chi connectivity index (χ4n) is 2.28. The van der Waals surface area contributed by atoms with E-state index in [1.165, 1.54) is 6.42 Å². The van der Waals surface area contributed by atoms with Gasteiger partial charge in [0.1, 0.15) is 5.75 Å².